The fraction of sp³-hybridized carbons (Fsp3) is 0. The predicted molar refractivity (Wildman–Crippen MR) is 227 cm³/mol. The van der Waals surface area contributed by atoms with Crippen molar-refractivity contribution in [2.75, 3.05) is 4.90 Å². The van der Waals surface area contributed by atoms with Gasteiger partial charge in [-0.2, -0.15) is 0 Å². The standard InChI is InChI=1S/C50H31NOS/c1-3-13-32(14-4-1)38-27-29-43(47-40-19-9-11-21-45(40)52-49(38)47)51(36-26-25-35-24-23-34-17-7-8-18-37(34)42(35)31-36)44-30-28-39(33-15-5-2-6-16-33)50-48(44)41-20-10-12-22-46(41)53-50/h1-31H. The number of anilines is 3. The van der Waals surface area contributed by atoms with Crippen molar-refractivity contribution >= 4 is 92.1 Å². The summed E-state index contributed by atoms with van der Waals surface area (Å²) >= 11 is 1.87. The molecule has 0 fully saturated rings. The van der Waals surface area contributed by atoms with Crippen molar-refractivity contribution in [1.82, 2.24) is 0 Å². The largest absolute Gasteiger partial charge is 0.455 e. The van der Waals surface area contributed by atoms with Crippen LogP contribution in [-0.2, 0) is 0 Å². The van der Waals surface area contributed by atoms with E-state index in [4.69, 9.17) is 4.42 Å². The molecule has 0 spiro atoms. The number of nitrogens with zero attached hydrogens (tertiary/aromatic N) is 1. The first-order chi connectivity index (χ1) is 26.3. The molecule has 248 valence electrons. The van der Waals surface area contributed by atoms with Gasteiger partial charge in [0.15, 0.2) is 0 Å². The SMILES string of the molecule is c1ccc(-c2ccc(N(c3ccc4ccc5ccccc5c4c3)c3ccc(-c4ccccc4)c4sc5ccccc5c34)c3c2oc2ccccc23)cc1. The number of fused-ring (bicyclic) bond motifs is 9. The summed E-state index contributed by atoms with van der Waals surface area (Å²) in [7, 11) is 0. The molecule has 0 saturated carbocycles. The van der Waals surface area contributed by atoms with Crippen molar-refractivity contribution in [2.45, 2.75) is 0 Å². The van der Waals surface area contributed by atoms with E-state index in [1.807, 2.05) is 11.3 Å². The Bertz CT molecular complexity index is 3020. The van der Waals surface area contributed by atoms with Crippen LogP contribution in [0.4, 0.5) is 17.1 Å². The van der Waals surface area contributed by atoms with Crippen molar-refractivity contribution in [1.29, 1.82) is 0 Å². The highest BCUT2D eigenvalue weighted by atomic mass is 32.1. The first-order valence-electron chi connectivity index (χ1n) is 18.0. The normalized spacial score (nSPS) is 11.8. The van der Waals surface area contributed by atoms with Crippen molar-refractivity contribution in [3.8, 4) is 22.3 Å². The zero-order valence-electron chi connectivity index (χ0n) is 28.7. The second-order valence-electron chi connectivity index (χ2n) is 13.6. The van der Waals surface area contributed by atoms with Crippen LogP contribution in [0.5, 0.6) is 0 Å². The van der Waals surface area contributed by atoms with Crippen LogP contribution in [-0.4, -0.2) is 0 Å². The molecular weight excluding hydrogens is 663 g/mol. The molecule has 2 nitrogen and oxygen atoms in total. The number of para-hydroxylation sites is 1. The molecule has 11 rings (SSSR count). The molecule has 0 aliphatic carbocycles. The van der Waals surface area contributed by atoms with Crippen LogP contribution in [0, 0.1) is 0 Å². The molecule has 2 heterocycles. The Morgan fingerprint density at radius 1 is 0.415 bits per heavy atom. The van der Waals surface area contributed by atoms with Crippen LogP contribution in [0.3, 0.4) is 0 Å². The van der Waals surface area contributed by atoms with Gasteiger partial charge in [-0.15, -0.1) is 11.3 Å². The summed E-state index contributed by atoms with van der Waals surface area (Å²) in [5, 5.41) is 9.62. The molecule has 53 heavy (non-hydrogen) atoms. The zero-order valence-corrected chi connectivity index (χ0v) is 29.5. The van der Waals surface area contributed by atoms with Gasteiger partial charge in [0.25, 0.3) is 0 Å². The number of thiophene rings is 1. The third kappa shape index (κ3) is 4.71. The molecule has 0 unspecified atom stereocenters. The minimum Gasteiger partial charge on any atom is -0.455 e. The van der Waals surface area contributed by atoms with Gasteiger partial charge in [0.2, 0.25) is 0 Å². The van der Waals surface area contributed by atoms with Crippen LogP contribution in [0.2, 0.25) is 0 Å². The van der Waals surface area contributed by atoms with Crippen LogP contribution >= 0.6 is 11.3 Å². The van der Waals surface area contributed by atoms with E-state index in [1.54, 1.807) is 0 Å². The Labute approximate surface area is 310 Å². The van der Waals surface area contributed by atoms with E-state index in [2.05, 4.69) is 193 Å². The third-order valence-electron chi connectivity index (χ3n) is 10.6. The van der Waals surface area contributed by atoms with Crippen molar-refractivity contribution in [2.24, 2.45) is 0 Å². The second kappa shape index (κ2) is 11.9. The van der Waals surface area contributed by atoms with Gasteiger partial charge < -0.3 is 9.32 Å². The van der Waals surface area contributed by atoms with Crippen molar-refractivity contribution in [3.63, 3.8) is 0 Å². The summed E-state index contributed by atoms with van der Waals surface area (Å²) in [6.45, 7) is 0. The molecule has 0 aliphatic heterocycles. The molecule has 0 saturated heterocycles. The lowest BCUT2D eigenvalue weighted by molar-refractivity contribution is 0.670. The van der Waals surface area contributed by atoms with E-state index in [0.717, 1.165) is 50.1 Å². The highest BCUT2D eigenvalue weighted by Gasteiger charge is 2.25. The maximum absolute atomic E-state index is 6.82. The van der Waals surface area contributed by atoms with Gasteiger partial charge in [-0.25, -0.2) is 0 Å². The average Bonchev–Trinajstić information content (AvgIpc) is 3.82. The van der Waals surface area contributed by atoms with Gasteiger partial charge in [0.05, 0.1) is 16.8 Å². The first-order valence-corrected chi connectivity index (χ1v) is 18.8. The summed E-state index contributed by atoms with van der Waals surface area (Å²) in [6.07, 6.45) is 0. The van der Waals surface area contributed by atoms with Gasteiger partial charge in [-0.05, 0) is 80.7 Å². The Hall–Kier alpha value is -6.68. The summed E-state index contributed by atoms with van der Waals surface area (Å²) < 4.78 is 9.37. The van der Waals surface area contributed by atoms with E-state index < -0.39 is 0 Å². The second-order valence-corrected chi connectivity index (χ2v) is 14.7. The van der Waals surface area contributed by atoms with E-state index in [-0.39, 0.29) is 0 Å². The molecular formula is C50H31NOS. The van der Waals surface area contributed by atoms with Gasteiger partial charge in [-0.3, -0.25) is 0 Å². The Kier molecular flexibility index (Phi) is 6.76. The van der Waals surface area contributed by atoms with Gasteiger partial charge >= 0.3 is 0 Å². The molecule has 0 radical (unpaired) electrons. The average molecular weight is 694 g/mol. The lowest BCUT2D eigenvalue weighted by Gasteiger charge is -2.28. The molecule has 3 heteroatoms. The van der Waals surface area contributed by atoms with Crippen molar-refractivity contribution in [3.05, 3.63) is 188 Å². The van der Waals surface area contributed by atoms with E-state index in [1.165, 1.54) is 52.8 Å². The molecule has 0 amide bonds. The van der Waals surface area contributed by atoms with Gasteiger partial charge in [0, 0.05) is 36.8 Å². The monoisotopic (exact) mass is 693 g/mol. The molecule has 0 bridgehead atoms. The lowest BCUT2D eigenvalue weighted by atomic mass is 9.97. The number of benzene rings is 9. The van der Waals surface area contributed by atoms with Gasteiger partial charge in [0.1, 0.15) is 11.2 Å². The molecule has 0 N–H and O–H groups in total. The summed E-state index contributed by atoms with van der Waals surface area (Å²) in [5.74, 6) is 0. The highest BCUT2D eigenvalue weighted by molar-refractivity contribution is 7.26. The summed E-state index contributed by atoms with van der Waals surface area (Å²) in [5.41, 5.74) is 9.74. The molecule has 0 aliphatic rings. The van der Waals surface area contributed by atoms with Crippen LogP contribution in [0.15, 0.2) is 192 Å². The minimum absolute atomic E-state index is 0.877. The number of hydrogen-bond donors (Lipinski definition) is 0. The van der Waals surface area contributed by atoms with Crippen LogP contribution in [0.1, 0.15) is 0 Å². The Morgan fingerprint density at radius 2 is 1.00 bits per heavy atom. The Balaban J connectivity index is 1.28. The number of furan rings is 1. The van der Waals surface area contributed by atoms with E-state index in [9.17, 15) is 0 Å². The molecule has 0 atom stereocenters. The van der Waals surface area contributed by atoms with Crippen LogP contribution < -0.4 is 4.90 Å². The fourth-order valence-electron chi connectivity index (χ4n) is 8.22. The first kappa shape index (κ1) is 30.0. The Morgan fingerprint density at radius 3 is 1.79 bits per heavy atom. The lowest BCUT2D eigenvalue weighted by Crippen LogP contribution is -2.11. The summed E-state index contributed by atoms with van der Waals surface area (Å²) in [6, 6.07) is 67.9. The fourth-order valence-corrected chi connectivity index (χ4v) is 9.48. The van der Waals surface area contributed by atoms with E-state index >= 15 is 0 Å². The summed E-state index contributed by atoms with van der Waals surface area (Å²) in [4.78, 5) is 2.48. The predicted octanol–water partition coefficient (Wildman–Crippen LogP) is 15.1. The maximum atomic E-state index is 6.82. The smallest absolute Gasteiger partial charge is 0.145 e. The molecule has 11 aromatic rings. The van der Waals surface area contributed by atoms with Crippen molar-refractivity contribution < 1.29 is 4.42 Å². The number of rotatable bonds is 5. The highest BCUT2D eigenvalue weighted by Crippen LogP contribution is 2.51. The quantitative estimate of drug-likeness (QED) is 0.167. The third-order valence-corrected chi connectivity index (χ3v) is 11.9. The molecule has 9 aromatic carbocycles. The van der Waals surface area contributed by atoms with E-state index in [0.29, 0.717) is 0 Å². The topological polar surface area (TPSA) is 16.4 Å². The minimum atomic E-state index is 0.877. The number of hydrogen-bond acceptors (Lipinski definition) is 3. The molecule has 2 aromatic heterocycles. The zero-order chi connectivity index (χ0) is 34.9. The maximum Gasteiger partial charge on any atom is 0.145 e. The van der Waals surface area contributed by atoms with Gasteiger partial charge in [-0.1, -0.05) is 146 Å². The van der Waals surface area contributed by atoms with Crippen LogP contribution in [0.25, 0.3) is 85.9 Å².